The minimum atomic E-state index is -2.99. The first-order valence-corrected chi connectivity index (χ1v) is 7.36. The van der Waals surface area contributed by atoms with Gasteiger partial charge in [0, 0.05) is 5.56 Å². The molecule has 0 saturated heterocycles. The summed E-state index contributed by atoms with van der Waals surface area (Å²) in [6, 6.07) is 6.04. The number of hydrogen-bond donors (Lipinski definition) is 1. The molecule has 1 aromatic carbocycles. The average molecular weight is 385 g/mol. The number of aliphatic hydroxyl groups excluding tert-OH is 1. The van der Waals surface area contributed by atoms with E-state index in [1.54, 1.807) is 19.1 Å². The van der Waals surface area contributed by atoms with Crippen molar-refractivity contribution in [2.24, 2.45) is 0 Å². The number of alkyl halides is 2. The standard InChI is InChI=1S/C14H11BrF2N4O2/c1-7-11(21-14(19-7)18-6-10(15)20-21)12(22)8-4-2-3-5-9(8)23-13(16)17/h2-6,12-13,22H,1H3. The lowest BCUT2D eigenvalue weighted by molar-refractivity contribution is -0.0513. The van der Waals surface area contributed by atoms with Gasteiger partial charge in [0.05, 0.1) is 11.9 Å². The fraction of sp³-hybridized carbons (Fsp3) is 0.214. The van der Waals surface area contributed by atoms with E-state index in [9.17, 15) is 13.9 Å². The summed E-state index contributed by atoms with van der Waals surface area (Å²) in [7, 11) is 0. The number of aliphatic hydroxyl groups is 1. The topological polar surface area (TPSA) is 72.5 Å². The molecular formula is C14H11BrF2N4O2. The lowest BCUT2D eigenvalue weighted by Crippen LogP contribution is -2.11. The SMILES string of the molecule is Cc1nc2ncc(Br)nn2c1C(O)c1ccccc1OC(F)F. The lowest BCUT2D eigenvalue weighted by atomic mass is 10.0. The molecule has 9 heteroatoms. The zero-order valence-corrected chi connectivity index (χ0v) is 13.4. The molecule has 0 aliphatic carbocycles. The Hall–Kier alpha value is -2.13. The highest BCUT2D eigenvalue weighted by atomic mass is 79.9. The van der Waals surface area contributed by atoms with Crippen molar-refractivity contribution in [3.63, 3.8) is 0 Å². The van der Waals surface area contributed by atoms with E-state index < -0.39 is 12.7 Å². The molecule has 0 saturated carbocycles. The van der Waals surface area contributed by atoms with E-state index in [1.165, 1.54) is 22.8 Å². The maximum atomic E-state index is 12.5. The molecule has 0 radical (unpaired) electrons. The van der Waals surface area contributed by atoms with Gasteiger partial charge in [-0.3, -0.25) is 0 Å². The maximum absolute atomic E-state index is 12.5. The van der Waals surface area contributed by atoms with Crippen LogP contribution < -0.4 is 4.74 Å². The van der Waals surface area contributed by atoms with Gasteiger partial charge in [0.1, 0.15) is 22.2 Å². The van der Waals surface area contributed by atoms with Crippen LogP contribution in [0.5, 0.6) is 5.75 Å². The van der Waals surface area contributed by atoms with Gasteiger partial charge in [-0.15, -0.1) is 0 Å². The molecule has 1 unspecified atom stereocenters. The number of halogens is 3. The van der Waals surface area contributed by atoms with Crippen LogP contribution >= 0.6 is 15.9 Å². The van der Waals surface area contributed by atoms with Crippen LogP contribution in [0.15, 0.2) is 35.1 Å². The highest BCUT2D eigenvalue weighted by Gasteiger charge is 2.24. The van der Waals surface area contributed by atoms with Crippen molar-refractivity contribution >= 4 is 21.7 Å². The third kappa shape index (κ3) is 3.02. The molecule has 0 spiro atoms. The van der Waals surface area contributed by atoms with Crippen molar-refractivity contribution in [2.45, 2.75) is 19.6 Å². The van der Waals surface area contributed by atoms with Gasteiger partial charge in [-0.1, -0.05) is 18.2 Å². The number of benzene rings is 1. The minimum absolute atomic E-state index is 0.104. The molecule has 3 aromatic rings. The quantitative estimate of drug-likeness (QED) is 0.748. The Morgan fingerprint density at radius 3 is 2.78 bits per heavy atom. The van der Waals surface area contributed by atoms with Gasteiger partial charge in [-0.05, 0) is 28.9 Å². The lowest BCUT2D eigenvalue weighted by Gasteiger charge is -2.16. The Kier molecular flexibility index (Phi) is 4.22. The summed E-state index contributed by atoms with van der Waals surface area (Å²) < 4.78 is 31.4. The summed E-state index contributed by atoms with van der Waals surface area (Å²) in [6.07, 6.45) is 0.231. The van der Waals surface area contributed by atoms with Crippen LogP contribution in [0.25, 0.3) is 5.78 Å². The fourth-order valence-corrected chi connectivity index (χ4v) is 2.56. The Balaban J connectivity index is 2.13. The van der Waals surface area contributed by atoms with Crippen LogP contribution in [0.2, 0.25) is 0 Å². The summed E-state index contributed by atoms with van der Waals surface area (Å²) in [5.41, 5.74) is 1.01. The van der Waals surface area contributed by atoms with Crippen molar-refractivity contribution in [1.29, 1.82) is 0 Å². The number of rotatable bonds is 4. The van der Waals surface area contributed by atoms with Crippen LogP contribution in [0.3, 0.4) is 0 Å². The van der Waals surface area contributed by atoms with Crippen molar-refractivity contribution in [3.8, 4) is 5.75 Å². The second kappa shape index (κ2) is 6.17. The van der Waals surface area contributed by atoms with Crippen molar-refractivity contribution in [1.82, 2.24) is 19.6 Å². The molecule has 0 fully saturated rings. The molecule has 23 heavy (non-hydrogen) atoms. The van der Waals surface area contributed by atoms with Gasteiger partial charge >= 0.3 is 6.61 Å². The van der Waals surface area contributed by atoms with E-state index in [0.29, 0.717) is 21.8 Å². The molecule has 6 nitrogen and oxygen atoms in total. The number of ether oxygens (including phenoxy) is 1. The first-order chi connectivity index (χ1) is 11.0. The second-order valence-electron chi connectivity index (χ2n) is 4.69. The molecular weight excluding hydrogens is 374 g/mol. The molecule has 3 rings (SSSR count). The van der Waals surface area contributed by atoms with Gasteiger partial charge in [-0.25, -0.2) is 9.97 Å². The number of aryl methyl sites for hydroxylation is 1. The Bertz CT molecular complexity index is 856. The largest absolute Gasteiger partial charge is 0.434 e. The van der Waals surface area contributed by atoms with Crippen LogP contribution in [0.4, 0.5) is 8.78 Å². The van der Waals surface area contributed by atoms with Gasteiger partial charge < -0.3 is 9.84 Å². The van der Waals surface area contributed by atoms with Gasteiger partial charge in [0.15, 0.2) is 0 Å². The zero-order valence-electron chi connectivity index (χ0n) is 11.8. The third-order valence-electron chi connectivity index (χ3n) is 3.23. The summed E-state index contributed by atoms with van der Waals surface area (Å²) in [6.45, 7) is -1.31. The van der Waals surface area contributed by atoms with Crippen LogP contribution in [-0.2, 0) is 0 Å². The molecule has 0 aliphatic rings. The smallest absolute Gasteiger partial charge is 0.387 e. The summed E-state index contributed by atoms with van der Waals surface area (Å²) in [5.74, 6) is 0.194. The molecule has 0 aliphatic heterocycles. The summed E-state index contributed by atoms with van der Waals surface area (Å²) in [5, 5.41) is 14.9. The minimum Gasteiger partial charge on any atom is -0.434 e. The maximum Gasteiger partial charge on any atom is 0.387 e. The van der Waals surface area contributed by atoms with E-state index in [-0.39, 0.29) is 11.3 Å². The second-order valence-corrected chi connectivity index (χ2v) is 5.51. The predicted molar refractivity (Wildman–Crippen MR) is 80.4 cm³/mol. The molecule has 0 bridgehead atoms. The average Bonchev–Trinajstić information content (AvgIpc) is 2.81. The van der Waals surface area contributed by atoms with Gasteiger partial charge in [0.25, 0.3) is 5.78 Å². The fourth-order valence-electron chi connectivity index (χ4n) is 2.30. The highest BCUT2D eigenvalue weighted by Crippen LogP contribution is 2.32. The molecule has 2 aromatic heterocycles. The first kappa shape index (κ1) is 15.8. The number of para-hydroxylation sites is 1. The van der Waals surface area contributed by atoms with E-state index in [1.807, 2.05) is 0 Å². The van der Waals surface area contributed by atoms with Crippen LogP contribution in [0, 0.1) is 6.92 Å². The Morgan fingerprint density at radius 1 is 1.30 bits per heavy atom. The van der Waals surface area contributed by atoms with E-state index in [2.05, 4.69) is 35.7 Å². The van der Waals surface area contributed by atoms with E-state index >= 15 is 0 Å². The van der Waals surface area contributed by atoms with Crippen LogP contribution in [-0.4, -0.2) is 31.3 Å². The number of imidazole rings is 1. The number of nitrogens with zero attached hydrogens (tertiary/aromatic N) is 4. The molecule has 0 amide bonds. The van der Waals surface area contributed by atoms with Gasteiger partial charge in [-0.2, -0.15) is 18.4 Å². The molecule has 1 atom stereocenters. The number of aromatic nitrogens is 4. The van der Waals surface area contributed by atoms with E-state index in [4.69, 9.17) is 0 Å². The van der Waals surface area contributed by atoms with Crippen molar-refractivity contribution in [3.05, 3.63) is 52.0 Å². The summed E-state index contributed by atoms with van der Waals surface area (Å²) in [4.78, 5) is 8.30. The normalized spacial score (nSPS) is 12.8. The summed E-state index contributed by atoms with van der Waals surface area (Å²) >= 11 is 3.20. The third-order valence-corrected chi connectivity index (χ3v) is 3.59. The number of fused-ring (bicyclic) bond motifs is 1. The number of hydrogen-bond acceptors (Lipinski definition) is 5. The van der Waals surface area contributed by atoms with Crippen molar-refractivity contribution in [2.75, 3.05) is 0 Å². The molecule has 2 heterocycles. The monoisotopic (exact) mass is 384 g/mol. The Morgan fingerprint density at radius 2 is 2.04 bits per heavy atom. The van der Waals surface area contributed by atoms with Crippen molar-refractivity contribution < 1.29 is 18.6 Å². The Labute approximate surface area is 137 Å². The highest BCUT2D eigenvalue weighted by molar-refractivity contribution is 9.10. The zero-order chi connectivity index (χ0) is 16.6. The molecule has 120 valence electrons. The van der Waals surface area contributed by atoms with Gasteiger partial charge in [0.2, 0.25) is 0 Å². The van der Waals surface area contributed by atoms with E-state index in [0.717, 1.165) is 0 Å². The molecule has 1 N–H and O–H groups in total. The first-order valence-electron chi connectivity index (χ1n) is 6.57. The predicted octanol–water partition coefficient (Wildman–Crippen LogP) is 2.88. The van der Waals surface area contributed by atoms with Crippen LogP contribution in [0.1, 0.15) is 23.1 Å².